The fraction of sp³-hybridized carbons (Fsp3) is 0.353. The summed E-state index contributed by atoms with van der Waals surface area (Å²) in [5, 5.41) is 4.39. The molecule has 3 rings (SSSR count). The fourth-order valence-electron chi connectivity index (χ4n) is 2.37. The van der Waals surface area contributed by atoms with E-state index in [-0.39, 0.29) is 11.7 Å². The van der Waals surface area contributed by atoms with Crippen molar-refractivity contribution in [2.45, 2.75) is 25.7 Å². The zero-order chi connectivity index (χ0) is 14.8. The van der Waals surface area contributed by atoms with Gasteiger partial charge in [-0.2, -0.15) is 0 Å². The lowest BCUT2D eigenvalue weighted by Crippen LogP contribution is -2.08. The van der Waals surface area contributed by atoms with Gasteiger partial charge in [0.25, 0.3) is 0 Å². The molecule has 1 aliphatic carbocycles. The van der Waals surface area contributed by atoms with Gasteiger partial charge in [-0.15, -0.1) is 11.3 Å². The number of rotatable bonds is 6. The van der Waals surface area contributed by atoms with Gasteiger partial charge in [0.15, 0.2) is 5.78 Å². The van der Waals surface area contributed by atoms with Crippen molar-refractivity contribution in [2.75, 3.05) is 17.6 Å². The van der Waals surface area contributed by atoms with Gasteiger partial charge in [0.1, 0.15) is 0 Å². The third kappa shape index (κ3) is 3.27. The van der Waals surface area contributed by atoms with Crippen LogP contribution in [0, 0.1) is 5.92 Å². The smallest absolute Gasteiger partial charge is 0.178 e. The molecule has 1 aromatic heterocycles. The Hall–Kier alpha value is -1.81. The average molecular weight is 300 g/mol. The minimum absolute atomic E-state index is 0.224. The van der Waals surface area contributed by atoms with Crippen LogP contribution in [0.5, 0.6) is 0 Å². The SMILES string of the molecule is CC(CNc1cc(N)c(C(=O)C2CC2)s1)c1ccccc1. The molecule has 1 saturated carbocycles. The summed E-state index contributed by atoms with van der Waals surface area (Å²) in [6.45, 7) is 3.02. The third-order valence-electron chi connectivity index (χ3n) is 3.88. The number of ketones is 1. The number of benzene rings is 1. The summed E-state index contributed by atoms with van der Waals surface area (Å²) in [6, 6.07) is 12.3. The molecule has 3 nitrogen and oxygen atoms in total. The lowest BCUT2D eigenvalue weighted by Gasteiger charge is -2.12. The van der Waals surface area contributed by atoms with Crippen molar-refractivity contribution in [3.63, 3.8) is 0 Å². The van der Waals surface area contributed by atoms with E-state index in [1.54, 1.807) is 0 Å². The van der Waals surface area contributed by atoms with E-state index in [2.05, 4.69) is 36.5 Å². The van der Waals surface area contributed by atoms with Crippen molar-refractivity contribution in [2.24, 2.45) is 5.92 Å². The standard InChI is InChI=1S/C17H20N2OS/c1-11(12-5-3-2-4-6-12)10-19-15-9-14(18)17(21-15)16(20)13-7-8-13/h2-6,9,11,13,19H,7-8,10,18H2,1H3. The number of anilines is 2. The molecule has 1 fully saturated rings. The number of hydrogen-bond acceptors (Lipinski definition) is 4. The highest BCUT2D eigenvalue weighted by atomic mass is 32.1. The second-order valence-electron chi connectivity index (χ2n) is 5.73. The largest absolute Gasteiger partial charge is 0.397 e. The molecule has 0 saturated heterocycles. The molecule has 2 aromatic rings. The molecular formula is C17H20N2OS. The predicted molar refractivity (Wildman–Crippen MR) is 89.1 cm³/mol. The number of carbonyl (C=O) groups is 1. The highest BCUT2D eigenvalue weighted by Gasteiger charge is 2.32. The Kier molecular flexibility index (Phi) is 3.97. The van der Waals surface area contributed by atoms with Crippen LogP contribution in [-0.4, -0.2) is 12.3 Å². The first-order valence-electron chi connectivity index (χ1n) is 7.37. The lowest BCUT2D eigenvalue weighted by molar-refractivity contribution is 0.0972. The summed E-state index contributed by atoms with van der Waals surface area (Å²) in [5.41, 5.74) is 7.90. The van der Waals surface area contributed by atoms with Crippen LogP contribution in [0.1, 0.15) is 40.9 Å². The molecule has 0 amide bonds. The topological polar surface area (TPSA) is 55.1 Å². The zero-order valence-electron chi connectivity index (χ0n) is 12.1. The number of nitrogen functional groups attached to an aromatic ring is 1. The molecule has 21 heavy (non-hydrogen) atoms. The van der Waals surface area contributed by atoms with E-state index in [0.717, 1.165) is 29.3 Å². The summed E-state index contributed by atoms with van der Waals surface area (Å²) in [7, 11) is 0. The Morgan fingerprint density at radius 2 is 2.10 bits per heavy atom. The van der Waals surface area contributed by atoms with Gasteiger partial charge in [-0.1, -0.05) is 37.3 Å². The summed E-state index contributed by atoms with van der Waals surface area (Å²) < 4.78 is 0. The van der Waals surface area contributed by atoms with E-state index in [0.29, 0.717) is 11.6 Å². The summed E-state index contributed by atoms with van der Waals surface area (Å²) >= 11 is 1.49. The maximum absolute atomic E-state index is 12.1. The fourth-order valence-corrected chi connectivity index (χ4v) is 3.37. The van der Waals surface area contributed by atoms with Crippen molar-refractivity contribution in [1.29, 1.82) is 0 Å². The first-order valence-corrected chi connectivity index (χ1v) is 8.19. The number of carbonyl (C=O) groups excluding carboxylic acids is 1. The van der Waals surface area contributed by atoms with Crippen molar-refractivity contribution in [3.8, 4) is 0 Å². The van der Waals surface area contributed by atoms with Gasteiger partial charge in [-0.25, -0.2) is 0 Å². The van der Waals surface area contributed by atoms with Crippen LogP contribution in [-0.2, 0) is 0 Å². The number of hydrogen-bond donors (Lipinski definition) is 2. The second-order valence-corrected chi connectivity index (χ2v) is 6.78. The molecular weight excluding hydrogens is 280 g/mol. The minimum Gasteiger partial charge on any atom is -0.397 e. The first kappa shape index (κ1) is 14.1. The first-order chi connectivity index (χ1) is 10.1. The Morgan fingerprint density at radius 3 is 2.76 bits per heavy atom. The molecule has 1 unspecified atom stereocenters. The van der Waals surface area contributed by atoms with Gasteiger partial charge in [0, 0.05) is 12.5 Å². The third-order valence-corrected chi connectivity index (χ3v) is 5.01. The Labute approximate surface area is 129 Å². The summed E-state index contributed by atoms with van der Waals surface area (Å²) in [5.74, 6) is 0.862. The van der Waals surface area contributed by atoms with Crippen LogP contribution < -0.4 is 11.1 Å². The van der Waals surface area contributed by atoms with Crippen LogP contribution >= 0.6 is 11.3 Å². The van der Waals surface area contributed by atoms with Crippen LogP contribution in [0.2, 0.25) is 0 Å². The Morgan fingerprint density at radius 1 is 1.38 bits per heavy atom. The molecule has 1 aliphatic rings. The number of thiophene rings is 1. The molecule has 0 spiro atoms. The van der Waals surface area contributed by atoms with E-state index in [1.807, 2.05) is 12.1 Å². The lowest BCUT2D eigenvalue weighted by atomic mass is 10.0. The van der Waals surface area contributed by atoms with Gasteiger partial charge < -0.3 is 11.1 Å². The molecule has 3 N–H and O–H groups in total. The van der Waals surface area contributed by atoms with Crippen molar-refractivity contribution in [3.05, 3.63) is 46.8 Å². The van der Waals surface area contributed by atoms with E-state index >= 15 is 0 Å². The van der Waals surface area contributed by atoms with E-state index in [1.165, 1.54) is 16.9 Å². The molecule has 110 valence electrons. The molecule has 1 heterocycles. The monoisotopic (exact) mass is 300 g/mol. The van der Waals surface area contributed by atoms with Crippen molar-refractivity contribution >= 4 is 27.8 Å². The Balaban J connectivity index is 1.63. The number of nitrogens with one attached hydrogen (secondary N) is 1. The zero-order valence-corrected chi connectivity index (χ0v) is 13.0. The van der Waals surface area contributed by atoms with E-state index in [9.17, 15) is 4.79 Å². The van der Waals surface area contributed by atoms with E-state index < -0.39 is 0 Å². The normalized spacial score (nSPS) is 15.7. The van der Waals surface area contributed by atoms with Gasteiger partial charge in [0.2, 0.25) is 0 Å². The molecule has 0 aliphatic heterocycles. The van der Waals surface area contributed by atoms with Gasteiger partial charge in [-0.05, 0) is 30.4 Å². The molecule has 4 heteroatoms. The van der Waals surface area contributed by atoms with Crippen molar-refractivity contribution < 1.29 is 4.79 Å². The average Bonchev–Trinajstić information content (AvgIpc) is 3.28. The summed E-state index contributed by atoms with van der Waals surface area (Å²) in [4.78, 5) is 12.8. The van der Waals surface area contributed by atoms with Gasteiger partial charge in [-0.3, -0.25) is 4.79 Å². The van der Waals surface area contributed by atoms with Crippen LogP contribution in [0.4, 0.5) is 10.7 Å². The van der Waals surface area contributed by atoms with Gasteiger partial charge >= 0.3 is 0 Å². The minimum atomic E-state index is 0.224. The molecule has 1 atom stereocenters. The van der Waals surface area contributed by atoms with Gasteiger partial charge in [0.05, 0.1) is 15.6 Å². The summed E-state index contributed by atoms with van der Waals surface area (Å²) in [6.07, 6.45) is 2.04. The van der Waals surface area contributed by atoms with E-state index in [4.69, 9.17) is 5.73 Å². The number of Topliss-reactive ketones (excluding diaryl/α,β-unsaturated/α-hetero) is 1. The highest BCUT2D eigenvalue weighted by Crippen LogP contribution is 2.38. The predicted octanol–water partition coefficient (Wildman–Crippen LogP) is 4.14. The van der Waals surface area contributed by atoms with Crippen LogP contribution in [0.15, 0.2) is 36.4 Å². The number of nitrogens with two attached hydrogens (primary N) is 1. The molecule has 0 bridgehead atoms. The molecule has 1 aromatic carbocycles. The maximum atomic E-state index is 12.1. The van der Waals surface area contributed by atoms with Crippen LogP contribution in [0.25, 0.3) is 0 Å². The second kappa shape index (κ2) is 5.90. The quantitative estimate of drug-likeness (QED) is 0.788. The maximum Gasteiger partial charge on any atom is 0.178 e. The Bertz CT molecular complexity index is 631. The van der Waals surface area contributed by atoms with Crippen LogP contribution in [0.3, 0.4) is 0 Å². The highest BCUT2D eigenvalue weighted by molar-refractivity contribution is 7.18. The van der Waals surface area contributed by atoms with Crippen molar-refractivity contribution in [1.82, 2.24) is 0 Å². The molecule has 0 radical (unpaired) electrons.